The second-order valence-corrected chi connectivity index (χ2v) is 8.04. The van der Waals surface area contributed by atoms with E-state index in [2.05, 4.69) is 20.9 Å². The molecule has 1 aliphatic heterocycles. The Morgan fingerprint density at radius 3 is 2.36 bits per heavy atom. The smallest absolute Gasteiger partial charge is 0.354 e. The summed E-state index contributed by atoms with van der Waals surface area (Å²) in [4.78, 5) is 15.9. The van der Waals surface area contributed by atoms with Crippen LogP contribution in [-0.4, -0.2) is 62.8 Å². The molecule has 0 spiro atoms. The number of nitrogens with one attached hydrogen (secondary N) is 3. The number of piperidine rings is 1. The van der Waals surface area contributed by atoms with Gasteiger partial charge in [-0.3, -0.25) is 9.79 Å². The number of aliphatic imine (C=N–C) groups is 1. The van der Waals surface area contributed by atoms with Gasteiger partial charge in [0.2, 0.25) is 5.91 Å². The lowest BCUT2D eigenvalue weighted by molar-refractivity contribution is -0.115. The monoisotopic (exact) mass is 421 g/mol. The Hall–Kier alpha value is -2.34. The fourth-order valence-electron chi connectivity index (χ4n) is 2.67. The SMILES string of the molecule is CN=C(NCC(=O)Nc1ccccc1)NC1CCN(S(=O)(=O)C(F)(F)F)CC1. The summed E-state index contributed by atoms with van der Waals surface area (Å²) < 4.78 is 61.1. The molecule has 0 radical (unpaired) electrons. The van der Waals surface area contributed by atoms with Crippen LogP contribution in [0.1, 0.15) is 12.8 Å². The Morgan fingerprint density at radius 1 is 1.21 bits per heavy atom. The van der Waals surface area contributed by atoms with Crippen LogP contribution in [0.2, 0.25) is 0 Å². The summed E-state index contributed by atoms with van der Waals surface area (Å²) in [5, 5.41) is 8.51. The Labute approximate surface area is 161 Å². The number of nitrogens with zero attached hydrogens (tertiary/aromatic N) is 2. The van der Waals surface area contributed by atoms with E-state index < -0.39 is 15.5 Å². The van der Waals surface area contributed by atoms with Gasteiger partial charge in [0.1, 0.15) is 0 Å². The topological polar surface area (TPSA) is 103 Å². The highest BCUT2D eigenvalue weighted by Gasteiger charge is 2.50. The molecule has 0 bridgehead atoms. The molecule has 0 atom stereocenters. The molecule has 0 unspecified atom stereocenters. The van der Waals surface area contributed by atoms with E-state index in [1.165, 1.54) is 7.05 Å². The number of guanidine groups is 1. The van der Waals surface area contributed by atoms with E-state index in [0.29, 0.717) is 16.0 Å². The van der Waals surface area contributed by atoms with Crippen LogP contribution in [0.25, 0.3) is 0 Å². The minimum Gasteiger partial charge on any atom is -0.354 e. The molecular formula is C16H22F3N5O3S. The van der Waals surface area contributed by atoms with Crippen LogP contribution in [0.15, 0.2) is 35.3 Å². The quantitative estimate of drug-likeness (QED) is 0.488. The minimum atomic E-state index is -5.30. The van der Waals surface area contributed by atoms with Crippen LogP contribution in [0.5, 0.6) is 0 Å². The largest absolute Gasteiger partial charge is 0.511 e. The van der Waals surface area contributed by atoms with Crippen LogP contribution in [0.4, 0.5) is 18.9 Å². The molecule has 0 saturated carbocycles. The number of rotatable bonds is 5. The van der Waals surface area contributed by atoms with Crippen molar-refractivity contribution in [3.05, 3.63) is 30.3 Å². The van der Waals surface area contributed by atoms with Gasteiger partial charge in [0.25, 0.3) is 0 Å². The molecule has 12 heteroatoms. The van der Waals surface area contributed by atoms with Crippen molar-refractivity contribution in [2.24, 2.45) is 4.99 Å². The van der Waals surface area contributed by atoms with Gasteiger partial charge >= 0.3 is 15.5 Å². The summed E-state index contributed by atoms with van der Waals surface area (Å²) in [5.41, 5.74) is -4.65. The summed E-state index contributed by atoms with van der Waals surface area (Å²) in [6, 6.07) is 8.62. The number of carbonyl (C=O) groups is 1. The van der Waals surface area contributed by atoms with Crippen LogP contribution >= 0.6 is 0 Å². The van der Waals surface area contributed by atoms with Crippen molar-refractivity contribution in [2.75, 3.05) is 32.0 Å². The van der Waals surface area contributed by atoms with Crippen LogP contribution < -0.4 is 16.0 Å². The summed E-state index contributed by atoms with van der Waals surface area (Å²) in [7, 11) is -3.81. The van der Waals surface area contributed by atoms with E-state index in [0.717, 1.165) is 0 Å². The number of anilines is 1. The van der Waals surface area contributed by atoms with Gasteiger partial charge in [-0.25, -0.2) is 8.42 Å². The van der Waals surface area contributed by atoms with Gasteiger partial charge in [0.15, 0.2) is 5.96 Å². The van der Waals surface area contributed by atoms with Gasteiger partial charge in [-0.15, -0.1) is 0 Å². The maximum absolute atomic E-state index is 12.6. The summed E-state index contributed by atoms with van der Waals surface area (Å²) in [6.45, 7) is -0.550. The predicted molar refractivity (Wildman–Crippen MR) is 99.1 cm³/mol. The lowest BCUT2D eigenvalue weighted by atomic mass is 10.1. The van der Waals surface area contributed by atoms with Gasteiger partial charge in [0, 0.05) is 31.9 Å². The van der Waals surface area contributed by atoms with Crippen molar-refractivity contribution in [2.45, 2.75) is 24.4 Å². The number of para-hydroxylation sites is 1. The molecule has 2 rings (SSSR count). The first-order valence-electron chi connectivity index (χ1n) is 8.52. The standard InChI is InChI=1S/C16H22F3N5O3S/c1-20-15(21-11-14(25)22-12-5-3-2-4-6-12)23-13-7-9-24(10-8-13)28(26,27)16(17,18)19/h2-6,13H,7-11H2,1H3,(H,22,25)(H2,20,21,23). The molecule has 1 aromatic rings. The van der Waals surface area contributed by atoms with Crippen molar-refractivity contribution in [3.8, 4) is 0 Å². The van der Waals surface area contributed by atoms with Crippen LogP contribution in [0, 0.1) is 0 Å². The first kappa shape index (κ1) is 22.0. The molecule has 0 aromatic heterocycles. The molecular weight excluding hydrogens is 399 g/mol. The molecule has 3 N–H and O–H groups in total. The number of amides is 1. The van der Waals surface area contributed by atoms with E-state index in [-0.39, 0.29) is 44.4 Å². The number of hydrogen-bond donors (Lipinski definition) is 3. The van der Waals surface area contributed by atoms with Crippen molar-refractivity contribution in [3.63, 3.8) is 0 Å². The van der Waals surface area contributed by atoms with Gasteiger partial charge < -0.3 is 16.0 Å². The third-order valence-corrected chi connectivity index (χ3v) is 5.75. The third-order valence-electron chi connectivity index (χ3n) is 4.12. The van der Waals surface area contributed by atoms with E-state index in [1.54, 1.807) is 24.3 Å². The van der Waals surface area contributed by atoms with Crippen molar-refractivity contribution < 1.29 is 26.4 Å². The number of halogens is 3. The van der Waals surface area contributed by atoms with E-state index >= 15 is 0 Å². The molecule has 1 aromatic carbocycles. The summed E-state index contributed by atoms with van der Waals surface area (Å²) in [5.74, 6) is 0.0144. The minimum absolute atomic E-state index is 0.0597. The normalized spacial score (nSPS) is 17.2. The number of hydrogen-bond acceptors (Lipinski definition) is 4. The summed E-state index contributed by atoms with van der Waals surface area (Å²) in [6.07, 6.45) is 0.373. The Kier molecular flexibility index (Phi) is 7.24. The lowest BCUT2D eigenvalue weighted by Gasteiger charge is -2.32. The second kappa shape index (κ2) is 9.24. The van der Waals surface area contributed by atoms with Crippen molar-refractivity contribution in [1.29, 1.82) is 0 Å². The first-order chi connectivity index (χ1) is 13.1. The third kappa shape index (κ3) is 5.83. The molecule has 1 amide bonds. The molecule has 1 aliphatic rings. The number of sulfonamides is 1. The van der Waals surface area contributed by atoms with E-state index in [4.69, 9.17) is 0 Å². The van der Waals surface area contributed by atoms with Crippen molar-refractivity contribution in [1.82, 2.24) is 14.9 Å². The Bertz CT molecular complexity index is 791. The highest BCUT2D eigenvalue weighted by molar-refractivity contribution is 7.90. The van der Waals surface area contributed by atoms with Gasteiger partial charge in [0.05, 0.1) is 6.54 Å². The van der Waals surface area contributed by atoms with E-state index in [1.807, 2.05) is 6.07 Å². The van der Waals surface area contributed by atoms with Crippen LogP contribution in [0.3, 0.4) is 0 Å². The predicted octanol–water partition coefficient (Wildman–Crippen LogP) is 1.10. The Balaban J connectivity index is 1.79. The van der Waals surface area contributed by atoms with Gasteiger partial charge in [-0.05, 0) is 25.0 Å². The van der Waals surface area contributed by atoms with Gasteiger partial charge in [-0.1, -0.05) is 18.2 Å². The lowest BCUT2D eigenvalue weighted by Crippen LogP contribution is -2.52. The number of alkyl halides is 3. The number of carbonyl (C=O) groups excluding carboxylic acids is 1. The molecule has 1 saturated heterocycles. The molecule has 0 aliphatic carbocycles. The zero-order valence-electron chi connectivity index (χ0n) is 15.2. The zero-order valence-corrected chi connectivity index (χ0v) is 16.0. The number of benzene rings is 1. The fraction of sp³-hybridized carbons (Fsp3) is 0.500. The zero-order chi connectivity index (χ0) is 20.8. The average molecular weight is 421 g/mol. The first-order valence-corrected chi connectivity index (χ1v) is 9.96. The highest BCUT2D eigenvalue weighted by Crippen LogP contribution is 2.28. The second-order valence-electron chi connectivity index (χ2n) is 6.11. The average Bonchev–Trinajstić information content (AvgIpc) is 2.65. The molecule has 28 heavy (non-hydrogen) atoms. The van der Waals surface area contributed by atoms with Gasteiger partial charge in [-0.2, -0.15) is 17.5 Å². The maximum Gasteiger partial charge on any atom is 0.511 e. The van der Waals surface area contributed by atoms with Crippen LogP contribution in [-0.2, 0) is 14.8 Å². The molecule has 1 heterocycles. The fourth-order valence-corrected chi connectivity index (χ4v) is 3.65. The molecule has 1 fully saturated rings. The molecule has 156 valence electrons. The van der Waals surface area contributed by atoms with Crippen molar-refractivity contribution >= 4 is 27.6 Å². The van der Waals surface area contributed by atoms with E-state index in [9.17, 15) is 26.4 Å². The summed E-state index contributed by atoms with van der Waals surface area (Å²) >= 11 is 0. The highest BCUT2D eigenvalue weighted by atomic mass is 32.2. The molecule has 8 nitrogen and oxygen atoms in total. The Morgan fingerprint density at radius 2 is 1.82 bits per heavy atom. The maximum atomic E-state index is 12.6.